The van der Waals surface area contributed by atoms with Gasteiger partial charge in [-0.3, -0.25) is 0 Å². The molecule has 2 nitrogen and oxygen atoms in total. The Morgan fingerprint density at radius 3 is 2.42 bits per heavy atom. The van der Waals surface area contributed by atoms with Gasteiger partial charge in [0.1, 0.15) is 0 Å². The van der Waals surface area contributed by atoms with E-state index in [2.05, 4.69) is 44.2 Å². The summed E-state index contributed by atoms with van der Waals surface area (Å²) in [5.41, 5.74) is 1.07. The number of hydrogen-bond acceptors (Lipinski definition) is 4. The van der Waals surface area contributed by atoms with Crippen molar-refractivity contribution in [3.05, 3.63) is 35.0 Å². The average Bonchev–Trinajstić information content (AvgIpc) is 3.17. The van der Waals surface area contributed by atoms with Crippen molar-refractivity contribution in [1.82, 2.24) is 9.19 Å². The second-order valence-electron chi connectivity index (χ2n) is 4.44. The molecule has 0 radical (unpaired) electrons. The SMILES string of the molecule is c1cc2c(s1)c1ccsc1c1ccc3nn[se]c3c21. The fourth-order valence-electron chi connectivity index (χ4n) is 2.72. The fraction of sp³-hybridized carbons (Fsp3) is 0. The van der Waals surface area contributed by atoms with Gasteiger partial charge < -0.3 is 0 Å². The van der Waals surface area contributed by atoms with Gasteiger partial charge in [0.15, 0.2) is 0 Å². The fourth-order valence-corrected chi connectivity index (χ4v) is 6.17. The Morgan fingerprint density at radius 2 is 1.58 bits per heavy atom. The summed E-state index contributed by atoms with van der Waals surface area (Å²) < 4.78 is 8.41. The second kappa shape index (κ2) is 3.64. The molecule has 3 aromatic heterocycles. The van der Waals surface area contributed by atoms with Crippen molar-refractivity contribution < 1.29 is 0 Å². The summed E-state index contributed by atoms with van der Waals surface area (Å²) in [5, 5.41) is 14.2. The van der Waals surface area contributed by atoms with Gasteiger partial charge in [0.2, 0.25) is 0 Å². The van der Waals surface area contributed by atoms with Crippen LogP contribution in [-0.4, -0.2) is 23.9 Å². The summed E-state index contributed by atoms with van der Waals surface area (Å²) in [6.45, 7) is 0. The zero-order valence-electron chi connectivity index (χ0n) is 9.58. The molecule has 0 bridgehead atoms. The van der Waals surface area contributed by atoms with E-state index < -0.39 is 0 Å². The maximum absolute atomic E-state index is 4.27. The van der Waals surface area contributed by atoms with Crippen molar-refractivity contribution in [3.8, 4) is 0 Å². The third kappa shape index (κ3) is 1.26. The van der Waals surface area contributed by atoms with Gasteiger partial charge in [0.25, 0.3) is 0 Å². The predicted molar refractivity (Wildman–Crippen MR) is 84.8 cm³/mol. The molecule has 2 aromatic carbocycles. The first-order valence-corrected chi connectivity index (χ1v) is 9.23. The molecular formula is C14H6N2S2Se. The first kappa shape index (κ1) is 10.5. The molecule has 5 aromatic rings. The molecule has 0 saturated carbocycles. The minimum absolute atomic E-state index is 0.134. The third-order valence-electron chi connectivity index (χ3n) is 3.51. The Labute approximate surface area is 122 Å². The summed E-state index contributed by atoms with van der Waals surface area (Å²) in [6.07, 6.45) is 0. The number of thiophene rings is 2. The molecule has 0 amide bonds. The summed E-state index contributed by atoms with van der Waals surface area (Å²) in [5.74, 6) is 0. The standard InChI is InChI=1S/C14H6N2S2Se/c1-2-10-14(19-16-15-10)11-7(1)12-9(4-6-18-12)13-8(11)3-5-17-13/h1-6H. The molecule has 0 aliphatic carbocycles. The van der Waals surface area contributed by atoms with Crippen LogP contribution in [0.5, 0.6) is 0 Å². The van der Waals surface area contributed by atoms with Crippen LogP contribution in [0.4, 0.5) is 0 Å². The molecule has 19 heavy (non-hydrogen) atoms. The monoisotopic (exact) mass is 346 g/mol. The van der Waals surface area contributed by atoms with E-state index in [1.165, 1.54) is 35.2 Å². The van der Waals surface area contributed by atoms with Crippen molar-refractivity contribution >= 4 is 78.1 Å². The van der Waals surface area contributed by atoms with Crippen LogP contribution in [0.3, 0.4) is 0 Å². The Morgan fingerprint density at radius 1 is 0.842 bits per heavy atom. The minimum atomic E-state index is 0.134. The van der Waals surface area contributed by atoms with E-state index in [0.29, 0.717) is 0 Å². The molecule has 0 saturated heterocycles. The van der Waals surface area contributed by atoms with Crippen LogP contribution >= 0.6 is 22.7 Å². The molecule has 0 atom stereocenters. The Balaban J connectivity index is 2.30. The Hall–Kier alpha value is -1.26. The summed E-state index contributed by atoms with van der Waals surface area (Å²) in [4.78, 5) is 0. The van der Waals surface area contributed by atoms with Crippen LogP contribution in [0.15, 0.2) is 35.0 Å². The van der Waals surface area contributed by atoms with Crippen LogP contribution in [0, 0.1) is 0 Å². The molecule has 0 aliphatic heterocycles. The van der Waals surface area contributed by atoms with Crippen LogP contribution in [0.2, 0.25) is 0 Å². The van der Waals surface area contributed by atoms with E-state index in [0.717, 1.165) is 5.52 Å². The average molecular weight is 345 g/mol. The van der Waals surface area contributed by atoms with Gasteiger partial charge in [-0.2, -0.15) is 0 Å². The Kier molecular flexibility index (Phi) is 2.02. The first-order valence-electron chi connectivity index (χ1n) is 5.84. The summed E-state index contributed by atoms with van der Waals surface area (Å²) in [7, 11) is 0. The number of aromatic nitrogens is 2. The number of benzene rings is 2. The number of fused-ring (bicyclic) bond motifs is 8. The van der Waals surface area contributed by atoms with Gasteiger partial charge >= 0.3 is 122 Å². The second-order valence-corrected chi connectivity index (χ2v) is 7.85. The van der Waals surface area contributed by atoms with E-state index in [9.17, 15) is 0 Å². The normalized spacial score (nSPS) is 12.2. The predicted octanol–water partition coefficient (Wildman–Crippen LogP) is 4.27. The van der Waals surface area contributed by atoms with Crippen molar-refractivity contribution in [3.63, 3.8) is 0 Å². The number of hydrogen-bond donors (Lipinski definition) is 0. The summed E-state index contributed by atoms with van der Waals surface area (Å²) >= 11 is 3.80. The van der Waals surface area contributed by atoms with E-state index >= 15 is 0 Å². The van der Waals surface area contributed by atoms with Crippen molar-refractivity contribution in [2.24, 2.45) is 0 Å². The van der Waals surface area contributed by atoms with E-state index in [1.54, 1.807) is 0 Å². The molecule has 0 fully saturated rings. The quantitative estimate of drug-likeness (QED) is 0.392. The zero-order chi connectivity index (χ0) is 12.4. The van der Waals surface area contributed by atoms with Gasteiger partial charge in [0, 0.05) is 0 Å². The van der Waals surface area contributed by atoms with Crippen LogP contribution < -0.4 is 0 Å². The number of nitrogens with zero attached hydrogens (tertiary/aromatic N) is 2. The maximum atomic E-state index is 4.27. The first-order chi connectivity index (χ1) is 9.43. The zero-order valence-corrected chi connectivity index (χ0v) is 12.9. The van der Waals surface area contributed by atoms with Gasteiger partial charge in [-0.15, -0.1) is 0 Å². The molecule has 0 N–H and O–H groups in total. The van der Waals surface area contributed by atoms with Crippen LogP contribution in [-0.2, 0) is 0 Å². The molecule has 0 aliphatic rings. The number of rotatable bonds is 0. The van der Waals surface area contributed by atoms with Crippen molar-refractivity contribution in [2.75, 3.05) is 0 Å². The van der Waals surface area contributed by atoms with Crippen LogP contribution in [0.1, 0.15) is 0 Å². The molecule has 0 spiro atoms. The Bertz CT molecular complexity index is 1070. The molecule has 90 valence electrons. The third-order valence-corrected chi connectivity index (χ3v) is 6.99. The van der Waals surface area contributed by atoms with Crippen molar-refractivity contribution in [1.29, 1.82) is 0 Å². The van der Waals surface area contributed by atoms with Crippen molar-refractivity contribution in [2.45, 2.75) is 0 Å². The van der Waals surface area contributed by atoms with Crippen LogP contribution in [0.25, 0.3) is 40.7 Å². The molecule has 5 heteroatoms. The van der Waals surface area contributed by atoms with E-state index in [-0.39, 0.29) is 14.7 Å². The van der Waals surface area contributed by atoms with Gasteiger partial charge in [-0.25, -0.2) is 0 Å². The van der Waals surface area contributed by atoms with Gasteiger partial charge in [-0.05, 0) is 0 Å². The summed E-state index contributed by atoms with van der Waals surface area (Å²) in [6, 6.07) is 8.82. The topological polar surface area (TPSA) is 25.8 Å². The van der Waals surface area contributed by atoms with Gasteiger partial charge in [-0.1, -0.05) is 0 Å². The molecule has 3 heterocycles. The van der Waals surface area contributed by atoms with E-state index in [1.807, 2.05) is 22.7 Å². The molecular weight excluding hydrogens is 339 g/mol. The molecule has 0 unspecified atom stereocenters. The van der Waals surface area contributed by atoms with Gasteiger partial charge in [0.05, 0.1) is 0 Å². The van der Waals surface area contributed by atoms with E-state index in [4.69, 9.17) is 0 Å². The molecule has 5 rings (SSSR count).